The third-order valence-electron chi connectivity index (χ3n) is 3.24. The molecule has 1 aromatic carbocycles. The molecule has 1 aliphatic heterocycles. The lowest BCUT2D eigenvalue weighted by molar-refractivity contribution is 0.0222. The Hall–Kier alpha value is -1.84. The molecule has 0 spiro atoms. The minimum Gasteiger partial charge on any atom is -0.444 e. The Labute approximate surface area is 119 Å². The lowest BCUT2D eigenvalue weighted by Crippen LogP contribution is -2.43. The van der Waals surface area contributed by atoms with E-state index in [2.05, 4.69) is 0 Å². The van der Waals surface area contributed by atoms with E-state index in [0.717, 1.165) is 6.42 Å². The molecule has 0 unspecified atom stereocenters. The number of hydrogen-bond acceptors (Lipinski definition) is 3. The van der Waals surface area contributed by atoms with Gasteiger partial charge in [-0.25, -0.2) is 4.79 Å². The van der Waals surface area contributed by atoms with Gasteiger partial charge in [0.1, 0.15) is 5.60 Å². The minimum atomic E-state index is -0.542. The third kappa shape index (κ3) is 3.38. The predicted molar refractivity (Wildman–Crippen MR) is 76.7 cm³/mol. The fraction of sp³-hybridized carbons (Fsp3) is 0.500. The maximum absolute atomic E-state index is 12.5. The van der Waals surface area contributed by atoms with Crippen molar-refractivity contribution in [1.82, 2.24) is 4.90 Å². The molecule has 0 aliphatic carbocycles. The van der Waals surface area contributed by atoms with Gasteiger partial charge >= 0.3 is 6.09 Å². The number of nitrogens with zero attached hydrogens (tertiary/aromatic N) is 1. The van der Waals surface area contributed by atoms with Crippen molar-refractivity contribution in [2.24, 2.45) is 0 Å². The number of carbonyl (C=O) groups excluding carboxylic acids is 2. The number of Topliss-reactive ketones (excluding diaryl/α,β-unsaturated/α-hetero) is 1. The van der Waals surface area contributed by atoms with Gasteiger partial charge in [-0.1, -0.05) is 30.3 Å². The summed E-state index contributed by atoms with van der Waals surface area (Å²) in [6.45, 7) is 6.07. The van der Waals surface area contributed by atoms with Gasteiger partial charge in [-0.05, 0) is 33.6 Å². The number of ether oxygens (including phenoxy) is 1. The molecule has 1 heterocycles. The van der Waals surface area contributed by atoms with Crippen LogP contribution in [0.1, 0.15) is 44.0 Å². The summed E-state index contributed by atoms with van der Waals surface area (Å²) in [5, 5.41) is 0. The summed E-state index contributed by atoms with van der Waals surface area (Å²) in [6.07, 6.45) is 1.14. The van der Waals surface area contributed by atoms with E-state index >= 15 is 0 Å². The molecule has 0 saturated carbocycles. The van der Waals surface area contributed by atoms with Crippen LogP contribution in [0.25, 0.3) is 0 Å². The van der Waals surface area contributed by atoms with E-state index in [1.165, 1.54) is 0 Å². The number of amides is 1. The van der Waals surface area contributed by atoms with Crippen LogP contribution in [0.5, 0.6) is 0 Å². The van der Waals surface area contributed by atoms with Crippen molar-refractivity contribution in [2.45, 2.75) is 45.3 Å². The second-order valence-electron chi connectivity index (χ2n) is 6.06. The van der Waals surface area contributed by atoms with Crippen LogP contribution in [-0.2, 0) is 4.74 Å². The molecule has 1 saturated heterocycles. The maximum atomic E-state index is 12.5. The largest absolute Gasteiger partial charge is 0.444 e. The van der Waals surface area contributed by atoms with Gasteiger partial charge in [0.25, 0.3) is 0 Å². The van der Waals surface area contributed by atoms with Gasteiger partial charge in [-0.3, -0.25) is 9.69 Å². The highest BCUT2D eigenvalue weighted by Crippen LogP contribution is 2.23. The average molecular weight is 275 g/mol. The van der Waals surface area contributed by atoms with Crippen molar-refractivity contribution in [3.8, 4) is 0 Å². The van der Waals surface area contributed by atoms with E-state index in [9.17, 15) is 9.59 Å². The molecule has 1 aromatic rings. The highest BCUT2D eigenvalue weighted by atomic mass is 16.6. The van der Waals surface area contributed by atoms with Crippen molar-refractivity contribution in [3.63, 3.8) is 0 Å². The van der Waals surface area contributed by atoms with Crippen LogP contribution in [0.3, 0.4) is 0 Å². The Morgan fingerprint density at radius 2 is 1.85 bits per heavy atom. The van der Waals surface area contributed by atoms with Crippen LogP contribution < -0.4 is 0 Å². The van der Waals surface area contributed by atoms with Gasteiger partial charge in [0.05, 0.1) is 6.04 Å². The van der Waals surface area contributed by atoms with Crippen molar-refractivity contribution in [3.05, 3.63) is 35.9 Å². The second kappa shape index (κ2) is 5.65. The van der Waals surface area contributed by atoms with E-state index < -0.39 is 17.7 Å². The van der Waals surface area contributed by atoms with Gasteiger partial charge in [0.15, 0.2) is 5.78 Å². The Kier molecular flexibility index (Phi) is 4.12. The molecule has 1 fully saturated rings. The minimum absolute atomic E-state index is 0.00559. The Bertz CT molecular complexity index is 490. The molecule has 20 heavy (non-hydrogen) atoms. The summed E-state index contributed by atoms with van der Waals surface area (Å²) < 4.78 is 5.37. The first kappa shape index (κ1) is 14.6. The fourth-order valence-corrected chi connectivity index (χ4v) is 2.37. The van der Waals surface area contributed by atoms with Crippen LogP contribution in [0.15, 0.2) is 30.3 Å². The molecule has 0 bridgehead atoms. The molecule has 2 rings (SSSR count). The van der Waals surface area contributed by atoms with Gasteiger partial charge in [0.2, 0.25) is 0 Å². The summed E-state index contributed by atoms with van der Waals surface area (Å²) in [4.78, 5) is 26.2. The molecular weight excluding hydrogens is 254 g/mol. The molecule has 1 amide bonds. The lowest BCUT2D eigenvalue weighted by Gasteiger charge is -2.28. The second-order valence-corrected chi connectivity index (χ2v) is 6.06. The van der Waals surface area contributed by atoms with Gasteiger partial charge in [-0.2, -0.15) is 0 Å². The van der Waals surface area contributed by atoms with Crippen LogP contribution in [0.2, 0.25) is 0 Å². The Morgan fingerprint density at radius 3 is 2.45 bits per heavy atom. The van der Waals surface area contributed by atoms with Crippen LogP contribution in [0.4, 0.5) is 4.79 Å². The molecule has 0 radical (unpaired) electrons. The first-order valence-corrected chi connectivity index (χ1v) is 6.97. The Balaban J connectivity index is 2.11. The molecular formula is C16H21NO3. The first-order valence-electron chi connectivity index (χ1n) is 6.97. The summed E-state index contributed by atoms with van der Waals surface area (Å²) in [5.41, 5.74) is 0.105. The quantitative estimate of drug-likeness (QED) is 0.778. The van der Waals surface area contributed by atoms with E-state index in [0.29, 0.717) is 18.5 Å². The van der Waals surface area contributed by atoms with E-state index in [1.807, 2.05) is 39.0 Å². The van der Waals surface area contributed by atoms with Crippen LogP contribution in [-0.4, -0.2) is 35.0 Å². The standard InChI is InChI=1S/C16H21NO3/c1-16(2,3)20-15(19)17-11-7-10-13(17)14(18)12-8-5-4-6-9-12/h4-6,8-9,13H,7,10-11H2,1-3H3/t13-/m1/s1. The Morgan fingerprint density at radius 1 is 1.20 bits per heavy atom. The van der Waals surface area contributed by atoms with Crippen LogP contribution in [0, 0.1) is 0 Å². The zero-order valence-electron chi connectivity index (χ0n) is 12.3. The lowest BCUT2D eigenvalue weighted by atomic mass is 10.0. The van der Waals surface area contributed by atoms with Gasteiger partial charge < -0.3 is 4.74 Å². The highest BCUT2D eigenvalue weighted by Gasteiger charge is 2.36. The molecule has 108 valence electrons. The summed E-state index contributed by atoms with van der Waals surface area (Å²) in [6, 6.07) is 8.71. The van der Waals surface area contributed by atoms with Crippen molar-refractivity contribution in [1.29, 1.82) is 0 Å². The van der Waals surface area contributed by atoms with E-state index in [1.54, 1.807) is 17.0 Å². The number of hydrogen-bond donors (Lipinski definition) is 0. The van der Waals surface area contributed by atoms with Gasteiger partial charge in [0, 0.05) is 12.1 Å². The first-order chi connectivity index (χ1) is 9.38. The number of rotatable bonds is 2. The zero-order valence-corrected chi connectivity index (χ0v) is 12.3. The summed E-state index contributed by atoms with van der Waals surface area (Å²) in [7, 11) is 0. The molecule has 0 N–H and O–H groups in total. The molecule has 1 aliphatic rings. The number of likely N-dealkylation sites (tertiary alicyclic amines) is 1. The van der Waals surface area contributed by atoms with E-state index in [-0.39, 0.29) is 5.78 Å². The van der Waals surface area contributed by atoms with Crippen molar-refractivity contribution >= 4 is 11.9 Å². The molecule has 1 atom stereocenters. The summed E-state index contributed by atoms with van der Waals surface area (Å²) >= 11 is 0. The third-order valence-corrected chi connectivity index (χ3v) is 3.24. The molecule has 4 nitrogen and oxygen atoms in total. The zero-order chi connectivity index (χ0) is 14.8. The van der Waals surface area contributed by atoms with Crippen molar-refractivity contribution < 1.29 is 14.3 Å². The van der Waals surface area contributed by atoms with Gasteiger partial charge in [-0.15, -0.1) is 0 Å². The number of benzene rings is 1. The van der Waals surface area contributed by atoms with Crippen molar-refractivity contribution in [2.75, 3.05) is 6.54 Å². The van der Waals surface area contributed by atoms with Crippen LogP contribution >= 0.6 is 0 Å². The highest BCUT2D eigenvalue weighted by molar-refractivity contribution is 6.01. The molecule has 0 aromatic heterocycles. The number of carbonyl (C=O) groups is 2. The average Bonchev–Trinajstić information content (AvgIpc) is 2.86. The monoisotopic (exact) mass is 275 g/mol. The molecule has 4 heteroatoms. The SMILES string of the molecule is CC(C)(C)OC(=O)N1CCC[C@@H]1C(=O)c1ccccc1. The maximum Gasteiger partial charge on any atom is 0.410 e. The normalized spacial score (nSPS) is 18.9. The van der Waals surface area contributed by atoms with E-state index in [4.69, 9.17) is 4.74 Å². The number of ketones is 1. The fourth-order valence-electron chi connectivity index (χ4n) is 2.37. The summed E-state index contributed by atoms with van der Waals surface area (Å²) in [5.74, 6) is -0.00559. The smallest absolute Gasteiger partial charge is 0.410 e. The predicted octanol–water partition coefficient (Wildman–Crippen LogP) is 3.27. The topological polar surface area (TPSA) is 46.6 Å².